The van der Waals surface area contributed by atoms with Crippen LogP contribution < -0.4 is 30.2 Å². The molecule has 2 aromatic carbocycles. The molecule has 0 N–H and O–H groups in total. The first-order valence-corrected chi connectivity index (χ1v) is 13.7. The number of anilines is 2. The van der Waals surface area contributed by atoms with Crippen LogP contribution in [0.5, 0.6) is 11.5 Å². The smallest absolute Gasteiger partial charge is 0.392 e. The highest BCUT2D eigenvalue weighted by Gasteiger charge is 2.23. The Hall–Kier alpha value is -4.96. The molecule has 16 heteroatoms. The van der Waals surface area contributed by atoms with Crippen LogP contribution in [-0.2, 0) is 14.1 Å². The minimum Gasteiger partial charge on any atom is -0.497 e. The van der Waals surface area contributed by atoms with Crippen molar-refractivity contribution in [3.05, 3.63) is 90.7 Å². The van der Waals surface area contributed by atoms with E-state index in [1.54, 1.807) is 100 Å². The first-order valence-electron chi connectivity index (χ1n) is 12.4. The van der Waals surface area contributed by atoms with Crippen molar-refractivity contribution >= 4 is 51.0 Å². The maximum Gasteiger partial charge on any atom is 0.392 e. The Bertz CT molecular complexity index is 1960. The zero-order valence-electron chi connectivity index (χ0n) is 23.5. The normalized spacial score (nSPS) is 11.5. The van der Waals surface area contributed by atoms with Crippen LogP contribution in [0, 0.1) is 18.6 Å². The van der Waals surface area contributed by atoms with Crippen LogP contribution >= 0.6 is 23.6 Å². The van der Waals surface area contributed by atoms with Crippen molar-refractivity contribution < 1.29 is 14.2 Å². The molecule has 3 aromatic heterocycles. The third kappa shape index (κ3) is 5.36. The third-order valence-corrected chi connectivity index (χ3v) is 7.60. The predicted octanol–water partition coefficient (Wildman–Crippen LogP) is 2.90. The zero-order valence-corrected chi connectivity index (χ0v) is 25.2. The second kappa shape index (κ2) is 11.5. The number of benzene rings is 2. The molecular weight excluding hydrogens is 580 g/mol. The minimum atomic E-state index is -0.512. The average molecular weight is 607 g/mol. The van der Waals surface area contributed by atoms with Crippen molar-refractivity contribution in [3.8, 4) is 11.5 Å². The molecule has 0 spiro atoms. The summed E-state index contributed by atoms with van der Waals surface area (Å²) < 4.78 is 16.0. The Morgan fingerprint density at radius 2 is 1.60 bits per heavy atom. The number of rotatable bonds is 6. The second-order valence-electron chi connectivity index (χ2n) is 8.94. The first kappa shape index (κ1) is 28.6. The topological polar surface area (TPSA) is 139 Å². The summed E-state index contributed by atoms with van der Waals surface area (Å²) in [6.45, 7) is 3.18. The highest BCUT2D eigenvalue weighted by molar-refractivity contribution is 7.71. The minimum absolute atomic E-state index is 0.0311. The molecule has 216 valence electrons. The SMILES string of the molecule is COc1ccc([N-]/C(=N\n2c(=O)c(C)nn(C)c2=S)N(c2ccc(OC)cc2)c2nn3c(=O)c(C)n[n+](C)c3s2)cc1. The van der Waals surface area contributed by atoms with Crippen LogP contribution in [-0.4, -0.2) is 49.3 Å². The van der Waals surface area contributed by atoms with Gasteiger partial charge in [-0.15, -0.1) is 4.68 Å². The van der Waals surface area contributed by atoms with Gasteiger partial charge in [0.2, 0.25) is 4.77 Å². The summed E-state index contributed by atoms with van der Waals surface area (Å²) >= 11 is 6.69. The lowest BCUT2D eigenvalue weighted by Crippen LogP contribution is -2.40. The molecule has 0 saturated heterocycles. The van der Waals surface area contributed by atoms with Crippen molar-refractivity contribution in [1.29, 1.82) is 0 Å². The average Bonchev–Trinajstić information content (AvgIpc) is 3.43. The Morgan fingerprint density at radius 1 is 0.976 bits per heavy atom. The molecular formula is C26H26N10O4S2. The number of aryl methyl sites for hydroxylation is 4. The molecule has 0 bridgehead atoms. The summed E-state index contributed by atoms with van der Waals surface area (Å²) in [6.07, 6.45) is 0. The fraction of sp³-hybridized carbons (Fsp3) is 0.231. The maximum atomic E-state index is 13.2. The van der Waals surface area contributed by atoms with Crippen LogP contribution in [0.3, 0.4) is 0 Å². The molecule has 5 rings (SSSR count). The van der Waals surface area contributed by atoms with Gasteiger partial charge in [0.05, 0.1) is 14.2 Å². The Balaban J connectivity index is 1.81. The molecule has 0 aliphatic heterocycles. The Kier molecular flexibility index (Phi) is 7.82. The number of ether oxygens (including phenoxy) is 2. The van der Waals surface area contributed by atoms with E-state index in [4.69, 9.17) is 27.0 Å². The molecule has 0 aliphatic carbocycles. The largest absolute Gasteiger partial charge is 0.497 e. The fourth-order valence-electron chi connectivity index (χ4n) is 3.96. The quantitative estimate of drug-likeness (QED) is 0.124. The maximum absolute atomic E-state index is 13.2. The van der Waals surface area contributed by atoms with E-state index < -0.39 is 5.56 Å². The van der Waals surface area contributed by atoms with E-state index in [1.807, 2.05) is 0 Å². The first-order chi connectivity index (χ1) is 20.1. The van der Waals surface area contributed by atoms with Gasteiger partial charge in [-0.25, -0.2) is 14.2 Å². The van der Waals surface area contributed by atoms with E-state index in [9.17, 15) is 9.59 Å². The molecule has 0 aliphatic rings. The monoisotopic (exact) mass is 606 g/mol. The number of fused-ring (bicyclic) bond motifs is 1. The van der Waals surface area contributed by atoms with Crippen LogP contribution in [0.15, 0.2) is 63.2 Å². The summed E-state index contributed by atoms with van der Waals surface area (Å²) in [5.74, 6) is 1.29. The number of nitrogens with zero attached hydrogens (tertiary/aromatic N) is 10. The third-order valence-electron chi connectivity index (χ3n) is 6.10. The summed E-state index contributed by atoms with van der Waals surface area (Å²) in [4.78, 5) is 28.3. The van der Waals surface area contributed by atoms with E-state index >= 15 is 0 Å². The second-order valence-corrected chi connectivity index (χ2v) is 10.2. The van der Waals surface area contributed by atoms with Crippen molar-refractivity contribution in [3.63, 3.8) is 0 Å². The molecule has 42 heavy (non-hydrogen) atoms. The van der Waals surface area contributed by atoms with Gasteiger partial charge in [-0.3, -0.25) is 9.90 Å². The predicted molar refractivity (Wildman–Crippen MR) is 160 cm³/mol. The van der Waals surface area contributed by atoms with Crippen molar-refractivity contribution in [2.75, 3.05) is 19.1 Å². The lowest BCUT2D eigenvalue weighted by Gasteiger charge is -2.32. The molecule has 0 saturated carbocycles. The van der Waals surface area contributed by atoms with Gasteiger partial charge in [-0.1, -0.05) is 10.2 Å². The number of hydrogen-bond donors (Lipinski definition) is 0. The van der Waals surface area contributed by atoms with Gasteiger partial charge in [0.25, 0.3) is 5.56 Å². The summed E-state index contributed by atoms with van der Waals surface area (Å²) in [5, 5.41) is 22.9. The van der Waals surface area contributed by atoms with Gasteiger partial charge in [0.1, 0.15) is 24.2 Å². The van der Waals surface area contributed by atoms with Gasteiger partial charge in [-0.05, 0) is 102 Å². The highest BCUT2D eigenvalue weighted by atomic mass is 32.1. The molecule has 0 fully saturated rings. The molecule has 0 unspecified atom stereocenters. The van der Waals surface area contributed by atoms with Gasteiger partial charge < -0.3 is 19.7 Å². The number of methoxy groups -OCH3 is 2. The lowest BCUT2D eigenvalue weighted by atomic mass is 10.2. The number of guanidine groups is 1. The van der Waals surface area contributed by atoms with Gasteiger partial charge >= 0.3 is 10.5 Å². The van der Waals surface area contributed by atoms with Crippen LogP contribution in [0.1, 0.15) is 11.4 Å². The molecule has 5 aromatic rings. The van der Waals surface area contributed by atoms with E-state index in [1.165, 1.54) is 20.5 Å². The van der Waals surface area contributed by atoms with Crippen LogP contribution in [0.25, 0.3) is 10.3 Å². The fourth-order valence-corrected chi connectivity index (χ4v) is 5.07. The van der Waals surface area contributed by atoms with Gasteiger partial charge in [0, 0.05) is 13.0 Å². The van der Waals surface area contributed by atoms with Crippen LogP contribution in [0.4, 0.5) is 16.5 Å². The van der Waals surface area contributed by atoms with Crippen molar-refractivity contribution in [2.24, 2.45) is 19.2 Å². The Morgan fingerprint density at radius 3 is 2.21 bits per heavy atom. The number of hydrogen-bond acceptors (Lipinski definition) is 10. The van der Waals surface area contributed by atoms with Crippen molar-refractivity contribution in [2.45, 2.75) is 13.8 Å². The van der Waals surface area contributed by atoms with Gasteiger partial charge in [0.15, 0.2) is 10.8 Å². The summed E-state index contributed by atoms with van der Waals surface area (Å²) in [5.41, 5.74) is 0.661. The van der Waals surface area contributed by atoms with Crippen molar-refractivity contribution in [1.82, 2.24) is 29.2 Å². The molecule has 0 amide bonds. The molecule has 3 heterocycles. The Labute approximate surface area is 248 Å². The molecule has 0 atom stereocenters. The van der Waals surface area contributed by atoms with E-state index in [-0.39, 0.29) is 27.7 Å². The molecule has 14 nitrogen and oxygen atoms in total. The highest BCUT2D eigenvalue weighted by Crippen LogP contribution is 2.34. The zero-order chi connectivity index (χ0) is 30.1. The van der Waals surface area contributed by atoms with E-state index in [0.29, 0.717) is 33.0 Å². The standard InChI is InChI=1S/C26H26N10O4S2/c1-15-21(37)35(25(41)32(3)28-15)30-23(27-17-7-11-19(39-5)12-8-17)34(18-9-13-20(40-6)14-10-18)24-31-36-22(38)16(2)29-33(4)26(36)42-24/h7-14H,1-6H3. The number of aromatic nitrogens is 7. The summed E-state index contributed by atoms with van der Waals surface area (Å²) in [7, 11) is 6.48. The van der Waals surface area contributed by atoms with Crippen LogP contribution in [0.2, 0.25) is 0 Å². The summed E-state index contributed by atoms with van der Waals surface area (Å²) in [6, 6.07) is 14.1. The van der Waals surface area contributed by atoms with E-state index in [2.05, 4.69) is 20.4 Å². The lowest BCUT2D eigenvalue weighted by molar-refractivity contribution is -0.708. The van der Waals surface area contributed by atoms with E-state index in [0.717, 1.165) is 4.68 Å². The van der Waals surface area contributed by atoms with Gasteiger partial charge in [-0.2, -0.15) is 5.10 Å². The molecule has 0 radical (unpaired) electrons.